The van der Waals surface area contributed by atoms with Crippen molar-refractivity contribution in [1.29, 1.82) is 0 Å². The fourth-order valence-corrected chi connectivity index (χ4v) is 4.04. The first-order chi connectivity index (χ1) is 14.3. The summed E-state index contributed by atoms with van der Waals surface area (Å²) in [4.78, 5) is 2.60. The molecule has 0 N–H and O–H groups in total. The molecule has 29 heavy (non-hydrogen) atoms. The number of rotatable bonds is 24. The Morgan fingerprint density at radius 3 is 1.28 bits per heavy atom. The van der Waals surface area contributed by atoms with Gasteiger partial charge in [-0.25, -0.2) is 0 Å². The summed E-state index contributed by atoms with van der Waals surface area (Å²) < 4.78 is 0. The van der Waals surface area contributed by atoms with Gasteiger partial charge in [0.15, 0.2) is 0 Å². The highest BCUT2D eigenvalue weighted by molar-refractivity contribution is 4.82. The largest absolute Gasteiger partial charge is 0.378 e. The molecule has 0 rings (SSSR count). The van der Waals surface area contributed by atoms with Gasteiger partial charge in [0.1, 0.15) is 0 Å². The van der Waals surface area contributed by atoms with E-state index < -0.39 is 0 Å². The van der Waals surface area contributed by atoms with Crippen molar-refractivity contribution < 1.29 is 0 Å². The third-order valence-corrected chi connectivity index (χ3v) is 6.14. The Hall–Kier alpha value is -0.460. The molecular formula is C28H57N. The quantitative estimate of drug-likeness (QED) is 0.144. The van der Waals surface area contributed by atoms with Gasteiger partial charge in [-0.05, 0) is 31.9 Å². The summed E-state index contributed by atoms with van der Waals surface area (Å²) in [5.74, 6) is 0. The van der Waals surface area contributed by atoms with Crippen molar-refractivity contribution >= 4 is 0 Å². The van der Waals surface area contributed by atoms with Crippen LogP contribution in [-0.2, 0) is 0 Å². The molecule has 0 bridgehead atoms. The van der Waals surface area contributed by atoms with Crippen molar-refractivity contribution in [2.24, 2.45) is 0 Å². The molecule has 0 heterocycles. The van der Waals surface area contributed by atoms with Gasteiger partial charge in [-0.1, -0.05) is 136 Å². The van der Waals surface area contributed by atoms with Crippen molar-refractivity contribution in [1.82, 2.24) is 4.90 Å². The summed E-state index contributed by atoms with van der Waals surface area (Å²) in [6.07, 6.45) is 34.5. The van der Waals surface area contributed by atoms with Gasteiger partial charge in [-0.15, -0.1) is 0 Å². The van der Waals surface area contributed by atoms with Gasteiger partial charge in [0.2, 0.25) is 0 Å². The molecule has 174 valence electrons. The number of unbranched alkanes of at least 4 members (excludes halogenated alkanes) is 18. The van der Waals surface area contributed by atoms with E-state index in [0.29, 0.717) is 0 Å². The van der Waals surface area contributed by atoms with Crippen molar-refractivity contribution in [3.63, 3.8) is 0 Å². The second-order valence-corrected chi connectivity index (χ2v) is 9.22. The lowest BCUT2D eigenvalue weighted by molar-refractivity contribution is 0.353. The standard InChI is InChI=1S/C28H57N/c1-4-7-10-12-14-16-18-20-22-24-27-29(26-9-6-3)28-25-23-21-19-17-15-13-11-8-5-2/h24,27H,4-23,25-26,28H2,1-3H3. The summed E-state index contributed by atoms with van der Waals surface area (Å²) in [6.45, 7) is 9.43. The molecule has 0 fully saturated rings. The Morgan fingerprint density at radius 1 is 0.414 bits per heavy atom. The summed E-state index contributed by atoms with van der Waals surface area (Å²) in [7, 11) is 0. The van der Waals surface area contributed by atoms with Crippen molar-refractivity contribution in [2.45, 2.75) is 156 Å². The summed E-state index contributed by atoms with van der Waals surface area (Å²) in [6, 6.07) is 0. The molecule has 0 saturated heterocycles. The van der Waals surface area contributed by atoms with E-state index in [2.05, 4.69) is 37.9 Å². The molecule has 0 aromatic heterocycles. The molecule has 0 aliphatic carbocycles. The zero-order valence-electron chi connectivity index (χ0n) is 20.9. The number of hydrogen-bond donors (Lipinski definition) is 0. The average molecular weight is 408 g/mol. The van der Waals surface area contributed by atoms with Crippen LogP contribution in [0.2, 0.25) is 0 Å². The molecule has 1 nitrogen and oxygen atoms in total. The Balaban J connectivity index is 3.63. The third-order valence-electron chi connectivity index (χ3n) is 6.14. The van der Waals surface area contributed by atoms with Crippen LogP contribution in [-0.4, -0.2) is 18.0 Å². The fourth-order valence-electron chi connectivity index (χ4n) is 4.04. The van der Waals surface area contributed by atoms with Gasteiger partial charge in [-0.2, -0.15) is 0 Å². The van der Waals surface area contributed by atoms with Crippen LogP contribution in [0.15, 0.2) is 12.3 Å². The first-order valence-corrected chi connectivity index (χ1v) is 13.8. The van der Waals surface area contributed by atoms with Crippen LogP contribution in [0.25, 0.3) is 0 Å². The first kappa shape index (κ1) is 28.5. The van der Waals surface area contributed by atoms with Crippen molar-refractivity contribution in [2.75, 3.05) is 13.1 Å². The predicted octanol–water partition coefficient (Wildman–Crippen LogP) is 10.1. The Bertz CT molecular complexity index is 309. The molecule has 0 unspecified atom stereocenters. The van der Waals surface area contributed by atoms with Crippen molar-refractivity contribution in [3.8, 4) is 0 Å². The molecule has 0 aromatic rings. The van der Waals surface area contributed by atoms with Crippen LogP contribution < -0.4 is 0 Å². The normalized spacial score (nSPS) is 11.6. The summed E-state index contributed by atoms with van der Waals surface area (Å²) >= 11 is 0. The summed E-state index contributed by atoms with van der Waals surface area (Å²) in [5.41, 5.74) is 0. The Labute approximate surface area is 186 Å². The minimum absolute atomic E-state index is 1.25. The molecule has 0 aliphatic heterocycles. The molecule has 0 saturated carbocycles. The van der Waals surface area contributed by atoms with E-state index >= 15 is 0 Å². The maximum absolute atomic E-state index is 2.60. The van der Waals surface area contributed by atoms with Crippen molar-refractivity contribution in [3.05, 3.63) is 12.3 Å². The van der Waals surface area contributed by atoms with Crippen LogP contribution in [0.1, 0.15) is 156 Å². The van der Waals surface area contributed by atoms with E-state index in [1.807, 2.05) is 0 Å². The lowest BCUT2D eigenvalue weighted by atomic mass is 10.1. The van der Waals surface area contributed by atoms with Crippen LogP contribution in [0.4, 0.5) is 0 Å². The van der Waals surface area contributed by atoms with Gasteiger partial charge in [0.25, 0.3) is 0 Å². The molecule has 0 amide bonds. The van der Waals surface area contributed by atoms with Crippen LogP contribution in [0.3, 0.4) is 0 Å². The van der Waals surface area contributed by atoms with Gasteiger partial charge in [0, 0.05) is 13.1 Å². The third kappa shape index (κ3) is 23.7. The highest BCUT2D eigenvalue weighted by atomic mass is 15.1. The fraction of sp³-hybridized carbons (Fsp3) is 0.929. The predicted molar refractivity (Wildman–Crippen MR) is 135 cm³/mol. The first-order valence-electron chi connectivity index (χ1n) is 13.8. The maximum Gasteiger partial charge on any atom is 0.0172 e. The maximum atomic E-state index is 2.60. The molecule has 0 aliphatic rings. The van der Waals surface area contributed by atoms with Gasteiger partial charge >= 0.3 is 0 Å². The van der Waals surface area contributed by atoms with Crippen LogP contribution in [0.5, 0.6) is 0 Å². The van der Waals surface area contributed by atoms with Crippen LogP contribution in [0, 0.1) is 0 Å². The number of nitrogens with zero attached hydrogens (tertiary/aromatic N) is 1. The lowest BCUT2D eigenvalue weighted by Crippen LogP contribution is -2.19. The Morgan fingerprint density at radius 2 is 0.793 bits per heavy atom. The zero-order chi connectivity index (χ0) is 21.3. The van der Waals surface area contributed by atoms with Crippen LogP contribution >= 0.6 is 0 Å². The van der Waals surface area contributed by atoms with E-state index in [1.165, 1.54) is 148 Å². The second kappa shape index (κ2) is 25.6. The molecule has 1 heteroatoms. The molecular weight excluding hydrogens is 350 g/mol. The van der Waals surface area contributed by atoms with Gasteiger partial charge < -0.3 is 4.90 Å². The molecule has 0 atom stereocenters. The summed E-state index contributed by atoms with van der Waals surface area (Å²) in [5, 5.41) is 0. The van der Waals surface area contributed by atoms with E-state index in [9.17, 15) is 0 Å². The number of hydrogen-bond acceptors (Lipinski definition) is 1. The average Bonchev–Trinajstić information content (AvgIpc) is 2.74. The minimum atomic E-state index is 1.25. The number of allylic oxidation sites excluding steroid dienone is 1. The lowest BCUT2D eigenvalue weighted by Gasteiger charge is -2.20. The Kier molecular flexibility index (Phi) is 25.2. The van der Waals surface area contributed by atoms with Gasteiger partial charge in [-0.3, -0.25) is 0 Å². The van der Waals surface area contributed by atoms with Gasteiger partial charge in [0.05, 0.1) is 0 Å². The second-order valence-electron chi connectivity index (χ2n) is 9.22. The monoisotopic (exact) mass is 407 g/mol. The molecule has 0 spiro atoms. The zero-order valence-corrected chi connectivity index (χ0v) is 20.9. The van der Waals surface area contributed by atoms with E-state index in [-0.39, 0.29) is 0 Å². The van der Waals surface area contributed by atoms with E-state index in [1.54, 1.807) is 0 Å². The van der Waals surface area contributed by atoms with E-state index in [0.717, 1.165) is 0 Å². The minimum Gasteiger partial charge on any atom is -0.378 e. The highest BCUT2D eigenvalue weighted by Gasteiger charge is 1.99. The topological polar surface area (TPSA) is 3.24 Å². The molecule has 0 aromatic carbocycles. The molecule has 0 radical (unpaired) electrons. The SMILES string of the molecule is CCCCCCCCCCC=CN(CCCC)CCCCCCCCCCCC. The highest BCUT2D eigenvalue weighted by Crippen LogP contribution is 2.12. The van der Waals surface area contributed by atoms with E-state index in [4.69, 9.17) is 0 Å². The smallest absolute Gasteiger partial charge is 0.0172 e.